The maximum atomic E-state index is 14.7. The lowest BCUT2D eigenvalue weighted by atomic mass is 10.1. The Hall–Kier alpha value is -2.66. The van der Waals surface area contributed by atoms with E-state index in [1.54, 1.807) is 19.1 Å². The van der Waals surface area contributed by atoms with Crippen LogP contribution in [0.4, 0.5) is 20.6 Å². The van der Waals surface area contributed by atoms with Gasteiger partial charge >= 0.3 is 6.09 Å². The maximum absolute atomic E-state index is 14.7. The topological polar surface area (TPSA) is 49.2 Å². The molecule has 2 heterocycles. The molecule has 0 saturated carbocycles. The van der Waals surface area contributed by atoms with E-state index in [1.165, 1.54) is 11.0 Å². The van der Waals surface area contributed by atoms with Gasteiger partial charge in [-0.25, -0.2) is 15.8 Å². The minimum absolute atomic E-state index is 0.328. The lowest BCUT2D eigenvalue weighted by Crippen LogP contribution is -2.32. The third-order valence-corrected chi connectivity index (χ3v) is 4.77. The molecule has 1 aromatic carbocycles. The number of hydrogen-bond donors (Lipinski definition) is 1. The summed E-state index contributed by atoms with van der Waals surface area (Å²) >= 11 is 4.96. The first-order valence-electron chi connectivity index (χ1n) is 8.76. The number of halogens is 1. The SMILES string of the molecule is [C-]#[N+]CC1=CCN(c2ccc(N3C[C@H](CNC(C)=S)OC3=O)cc2F)CC1. The first-order chi connectivity index (χ1) is 13.0. The molecule has 142 valence electrons. The summed E-state index contributed by atoms with van der Waals surface area (Å²) in [6, 6.07) is 4.80. The van der Waals surface area contributed by atoms with Gasteiger partial charge in [-0.3, -0.25) is 4.90 Å². The molecule has 1 saturated heterocycles. The van der Waals surface area contributed by atoms with Crippen LogP contribution in [0.25, 0.3) is 4.85 Å². The van der Waals surface area contributed by atoms with E-state index in [1.807, 2.05) is 11.0 Å². The van der Waals surface area contributed by atoms with Crippen LogP contribution >= 0.6 is 12.2 Å². The largest absolute Gasteiger partial charge is 0.442 e. The van der Waals surface area contributed by atoms with Crippen LogP contribution in [0.3, 0.4) is 0 Å². The molecule has 0 aromatic heterocycles. The van der Waals surface area contributed by atoms with E-state index >= 15 is 0 Å². The van der Waals surface area contributed by atoms with Gasteiger partial charge in [0.05, 0.1) is 29.5 Å². The third kappa shape index (κ3) is 4.55. The van der Waals surface area contributed by atoms with E-state index in [4.69, 9.17) is 23.5 Å². The van der Waals surface area contributed by atoms with Crippen LogP contribution in [-0.2, 0) is 4.74 Å². The fourth-order valence-corrected chi connectivity index (χ4v) is 3.27. The predicted molar refractivity (Wildman–Crippen MR) is 107 cm³/mol. The molecule has 3 rings (SSSR count). The highest BCUT2D eigenvalue weighted by atomic mass is 32.1. The molecule has 1 amide bonds. The van der Waals surface area contributed by atoms with E-state index in [-0.39, 0.29) is 11.9 Å². The number of rotatable bonds is 5. The molecule has 0 unspecified atom stereocenters. The van der Waals surface area contributed by atoms with Gasteiger partial charge in [0.1, 0.15) is 11.9 Å². The summed E-state index contributed by atoms with van der Waals surface area (Å²) in [5.41, 5.74) is 2.08. The van der Waals surface area contributed by atoms with Gasteiger partial charge in [-0.2, -0.15) is 0 Å². The highest BCUT2D eigenvalue weighted by Crippen LogP contribution is 2.29. The van der Waals surface area contributed by atoms with E-state index in [2.05, 4.69) is 10.2 Å². The number of carbonyl (C=O) groups is 1. The number of amides is 1. The summed E-state index contributed by atoms with van der Waals surface area (Å²) in [6.07, 6.45) is 1.94. The molecule has 1 N–H and O–H groups in total. The molecule has 2 aliphatic rings. The quantitative estimate of drug-likeness (QED) is 0.477. The molecule has 8 heteroatoms. The first-order valence-corrected chi connectivity index (χ1v) is 9.17. The normalized spacial score (nSPS) is 19.4. The number of carbonyl (C=O) groups excluding carboxylic acids is 1. The number of thiocarbonyl (C=S) groups is 1. The van der Waals surface area contributed by atoms with Crippen LogP contribution in [-0.4, -0.2) is 49.9 Å². The number of ether oxygens (including phenoxy) is 1. The van der Waals surface area contributed by atoms with Crippen molar-refractivity contribution in [2.45, 2.75) is 19.4 Å². The Morgan fingerprint density at radius 3 is 2.96 bits per heavy atom. The molecule has 0 radical (unpaired) electrons. The summed E-state index contributed by atoms with van der Waals surface area (Å²) in [5, 5.41) is 2.98. The van der Waals surface area contributed by atoms with Crippen molar-refractivity contribution in [1.82, 2.24) is 5.32 Å². The average Bonchev–Trinajstić information content (AvgIpc) is 3.02. The van der Waals surface area contributed by atoms with E-state index in [0.717, 1.165) is 12.0 Å². The summed E-state index contributed by atoms with van der Waals surface area (Å²) in [7, 11) is 0. The first kappa shape index (κ1) is 19.1. The molecule has 1 atom stereocenters. The van der Waals surface area contributed by atoms with E-state index in [9.17, 15) is 9.18 Å². The Morgan fingerprint density at radius 2 is 2.33 bits per heavy atom. The monoisotopic (exact) mass is 388 g/mol. The van der Waals surface area contributed by atoms with Crippen molar-refractivity contribution in [1.29, 1.82) is 0 Å². The fourth-order valence-electron chi connectivity index (χ4n) is 3.19. The molecule has 1 aromatic rings. The van der Waals surface area contributed by atoms with Crippen molar-refractivity contribution in [3.05, 3.63) is 47.1 Å². The van der Waals surface area contributed by atoms with Crippen molar-refractivity contribution in [2.24, 2.45) is 0 Å². The summed E-state index contributed by atoms with van der Waals surface area (Å²) in [4.78, 5) is 19.5. The molecule has 2 aliphatic heterocycles. The Bertz CT molecular complexity index is 820. The second-order valence-corrected chi connectivity index (χ2v) is 7.18. The molecule has 0 bridgehead atoms. The van der Waals surface area contributed by atoms with Crippen molar-refractivity contribution >= 4 is 34.7 Å². The number of nitrogens with zero attached hydrogens (tertiary/aromatic N) is 3. The molecular formula is C19H21FN4O2S. The maximum Gasteiger partial charge on any atom is 0.414 e. The van der Waals surface area contributed by atoms with Crippen molar-refractivity contribution in [3.63, 3.8) is 0 Å². The van der Waals surface area contributed by atoms with Gasteiger partial charge in [-0.15, -0.1) is 0 Å². The second kappa shape index (κ2) is 8.35. The summed E-state index contributed by atoms with van der Waals surface area (Å²) in [5.74, 6) is -0.376. The lowest BCUT2D eigenvalue weighted by Gasteiger charge is -2.28. The van der Waals surface area contributed by atoms with Gasteiger partial charge in [0.2, 0.25) is 6.54 Å². The van der Waals surface area contributed by atoms with Gasteiger partial charge in [0.25, 0.3) is 0 Å². The van der Waals surface area contributed by atoms with Gasteiger partial charge in [0.15, 0.2) is 0 Å². The fraction of sp³-hybridized carbons (Fsp3) is 0.421. The van der Waals surface area contributed by atoms with Crippen LogP contribution < -0.4 is 15.1 Å². The minimum Gasteiger partial charge on any atom is -0.442 e. The highest BCUT2D eigenvalue weighted by Gasteiger charge is 2.32. The Balaban J connectivity index is 1.68. The number of anilines is 2. The van der Waals surface area contributed by atoms with Crippen molar-refractivity contribution < 1.29 is 13.9 Å². The summed E-state index contributed by atoms with van der Waals surface area (Å²) in [6.45, 7) is 11.1. The van der Waals surface area contributed by atoms with Crippen LogP contribution in [0.1, 0.15) is 13.3 Å². The Morgan fingerprint density at radius 1 is 1.52 bits per heavy atom. The number of cyclic esters (lactones) is 1. The molecule has 6 nitrogen and oxygen atoms in total. The average molecular weight is 388 g/mol. The number of nitrogens with one attached hydrogen (secondary N) is 1. The lowest BCUT2D eigenvalue weighted by molar-refractivity contribution is 0.143. The second-order valence-electron chi connectivity index (χ2n) is 6.56. The van der Waals surface area contributed by atoms with Crippen LogP contribution in [0.2, 0.25) is 0 Å². The van der Waals surface area contributed by atoms with Crippen LogP contribution in [0.15, 0.2) is 29.8 Å². The van der Waals surface area contributed by atoms with Crippen molar-refractivity contribution in [3.8, 4) is 0 Å². The van der Waals surface area contributed by atoms with E-state index in [0.29, 0.717) is 49.1 Å². The van der Waals surface area contributed by atoms with Crippen LogP contribution in [0.5, 0.6) is 0 Å². The summed E-state index contributed by atoms with van der Waals surface area (Å²) < 4.78 is 20.0. The molecule has 1 fully saturated rings. The van der Waals surface area contributed by atoms with Crippen LogP contribution in [0, 0.1) is 12.4 Å². The molecule has 27 heavy (non-hydrogen) atoms. The van der Waals surface area contributed by atoms with Gasteiger partial charge in [-0.1, -0.05) is 18.3 Å². The minimum atomic E-state index is -0.485. The highest BCUT2D eigenvalue weighted by molar-refractivity contribution is 7.80. The molecule has 0 aliphatic carbocycles. The smallest absolute Gasteiger partial charge is 0.414 e. The molecular weight excluding hydrogens is 367 g/mol. The zero-order chi connectivity index (χ0) is 19.4. The zero-order valence-corrected chi connectivity index (χ0v) is 15.9. The third-order valence-electron chi connectivity index (χ3n) is 4.62. The zero-order valence-electron chi connectivity index (χ0n) is 15.1. The standard InChI is InChI=1S/C19H21FN4O2S/c1-13(27)22-11-16-12-24(19(25)26-16)15-3-4-18(17(20)9-15)23-7-5-14(6-8-23)10-21-2/h3-5,9,16H,6-8,10-12H2,1H3,(H,22,27)/t16-/m0/s1. The van der Waals surface area contributed by atoms with Gasteiger partial charge in [-0.05, 0) is 31.5 Å². The Labute approximate surface area is 163 Å². The van der Waals surface area contributed by atoms with Gasteiger partial charge < -0.3 is 19.8 Å². The van der Waals surface area contributed by atoms with Gasteiger partial charge in [0, 0.05) is 18.7 Å². The predicted octanol–water partition coefficient (Wildman–Crippen LogP) is 3.14. The molecule has 0 spiro atoms. The number of hydrogen-bond acceptors (Lipinski definition) is 4. The van der Waals surface area contributed by atoms with E-state index < -0.39 is 6.09 Å². The number of benzene rings is 1. The Kier molecular flexibility index (Phi) is 5.91. The van der Waals surface area contributed by atoms with Crippen molar-refractivity contribution in [2.75, 3.05) is 42.5 Å².